The Kier molecular flexibility index (Phi) is 7.72. The van der Waals surface area contributed by atoms with E-state index in [1.807, 2.05) is 30.3 Å². The Hall–Kier alpha value is -3.70. The van der Waals surface area contributed by atoms with Crippen LogP contribution in [0.5, 0.6) is 17.2 Å². The minimum Gasteiger partial charge on any atom is -0.494 e. The number of allylic oxidation sites excluding steroid dienone is 1. The molecule has 5 rings (SSSR count). The number of nitrogens with zero attached hydrogens (tertiary/aromatic N) is 1. The van der Waals surface area contributed by atoms with Crippen molar-refractivity contribution in [3.63, 3.8) is 0 Å². The second kappa shape index (κ2) is 11.2. The molecule has 0 saturated carbocycles. The van der Waals surface area contributed by atoms with Gasteiger partial charge in [-0.05, 0) is 48.2 Å². The number of esters is 1. The Morgan fingerprint density at radius 1 is 1.13 bits per heavy atom. The lowest BCUT2D eigenvalue weighted by Gasteiger charge is -2.27. The van der Waals surface area contributed by atoms with Crippen molar-refractivity contribution in [2.24, 2.45) is 11.7 Å². The number of carbonyl (C=O) groups is 1. The van der Waals surface area contributed by atoms with E-state index in [1.54, 1.807) is 30.3 Å². The summed E-state index contributed by atoms with van der Waals surface area (Å²) in [5.74, 6) is 0.775. The molecule has 0 bridgehead atoms. The summed E-state index contributed by atoms with van der Waals surface area (Å²) in [5.41, 5.74) is 8.01. The first-order valence-corrected chi connectivity index (χ1v) is 13.9. The molecule has 0 saturated heterocycles. The van der Waals surface area contributed by atoms with Gasteiger partial charge in [-0.15, -0.1) is 11.3 Å². The molecule has 0 amide bonds. The smallest absolute Gasteiger partial charge is 0.355 e. The van der Waals surface area contributed by atoms with Gasteiger partial charge in [-0.3, -0.25) is 0 Å². The standard InChI is InChI=1S/C30H24Cl2N2O4S/c1-16(2)11-12-36-18-6-3-5-17(13-18)25-20-10-9-19(14-23(20)38-29(34)21(25)15-33)37-30(35)28-27(32)26-22(31)7-4-8-24(26)39-28/h3-10,13-14,16,25H,11-12,34H2,1-2H3. The maximum Gasteiger partial charge on any atom is 0.355 e. The van der Waals surface area contributed by atoms with Gasteiger partial charge in [0.1, 0.15) is 33.8 Å². The summed E-state index contributed by atoms with van der Waals surface area (Å²) in [7, 11) is 0. The number of ether oxygens (including phenoxy) is 3. The fourth-order valence-corrected chi connectivity index (χ4v) is 6.22. The van der Waals surface area contributed by atoms with Crippen LogP contribution < -0.4 is 19.9 Å². The summed E-state index contributed by atoms with van der Waals surface area (Å²) >= 11 is 14.0. The Balaban J connectivity index is 1.44. The fourth-order valence-electron chi connectivity index (χ4n) is 4.39. The summed E-state index contributed by atoms with van der Waals surface area (Å²) in [6.45, 7) is 4.88. The van der Waals surface area contributed by atoms with E-state index in [9.17, 15) is 10.1 Å². The number of nitriles is 1. The molecule has 0 spiro atoms. The number of hydrogen-bond acceptors (Lipinski definition) is 7. The SMILES string of the molecule is CC(C)CCOc1cccc(C2C(C#N)=C(N)Oc3cc(OC(=O)c4sc5cccc(Cl)c5c4Cl)ccc32)c1. The molecule has 1 unspecified atom stereocenters. The summed E-state index contributed by atoms with van der Waals surface area (Å²) in [6.07, 6.45) is 0.932. The van der Waals surface area contributed by atoms with E-state index in [4.69, 9.17) is 43.1 Å². The monoisotopic (exact) mass is 578 g/mol. The number of halogens is 2. The molecule has 39 heavy (non-hydrogen) atoms. The molecule has 0 radical (unpaired) electrons. The predicted molar refractivity (Wildman–Crippen MR) is 154 cm³/mol. The maximum absolute atomic E-state index is 13.0. The highest BCUT2D eigenvalue weighted by molar-refractivity contribution is 7.21. The molecule has 2 heterocycles. The van der Waals surface area contributed by atoms with Gasteiger partial charge >= 0.3 is 5.97 Å². The highest BCUT2D eigenvalue weighted by Gasteiger charge is 2.31. The minimum atomic E-state index is -0.614. The first kappa shape index (κ1) is 26.9. The van der Waals surface area contributed by atoms with Gasteiger partial charge in [-0.1, -0.05) is 61.3 Å². The van der Waals surface area contributed by atoms with E-state index in [0.717, 1.165) is 16.7 Å². The molecule has 198 valence electrons. The maximum atomic E-state index is 13.0. The topological polar surface area (TPSA) is 94.6 Å². The third-order valence-electron chi connectivity index (χ3n) is 6.35. The van der Waals surface area contributed by atoms with Crippen LogP contribution in [-0.2, 0) is 0 Å². The van der Waals surface area contributed by atoms with Crippen molar-refractivity contribution in [2.75, 3.05) is 6.61 Å². The Bertz CT molecular complexity index is 1650. The number of fused-ring (bicyclic) bond motifs is 2. The molecule has 1 aromatic heterocycles. The minimum absolute atomic E-state index is 0.00759. The number of benzene rings is 3. The molecular weight excluding hydrogens is 555 g/mol. The van der Waals surface area contributed by atoms with Crippen LogP contribution in [0.1, 0.15) is 47.0 Å². The van der Waals surface area contributed by atoms with Gasteiger partial charge in [0.25, 0.3) is 0 Å². The summed E-state index contributed by atoms with van der Waals surface area (Å²) in [5, 5.41) is 11.2. The second-order valence-electron chi connectivity index (χ2n) is 9.48. The molecule has 6 nitrogen and oxygen atoms in total. The highest BCUT2D eigenvalue weighted by Crippen LogP contribution is 2.45. The van der Waals surface area contributed by atoms with E-state index in [2.05, 4.69) is 19.9 Å². The van der Waals surface area contributed by atoms with Crippen molar-refractivity contribution in [1.29, 1.82) is 5.26 Å². The average Bonchev–Trinajstić information content (AvgIpc) is 3.25. The van der Waals surface area contributed by atoms with Crippen LogP contribution in [0.3, 0.4) is 0 Å². The predicted octanol–water partition coefficient (Wildman–Crippen LogP) is 8.07. The first-order valence-electron chi connectivity index (χ1n) is 12.3. The normalized spacial score (nSPS) is 14.6. The van der Waals surface area contributed by atoms with E-state index in [0.29, 0.717) is 45.6 Å². The molecule has 2 N–H and O–H groups in total. The molecule has 4 aromatic rings. The zero-order valence-corrected chi connectivity index (χ0v) is 23.5. The second-order valence-corrected chi connectivity index (χ2v) is 11.3. The van der Waals surface area contributed by atoms with Crippen LogP contribution in [0.2, 0.25) is 10.0 Å². The van der Waals surface area contributed by atoms with Crippen molar-refractivity contribution in [3.05, 3.63) is 98.2 Å². The number of nitrogens with two attached hydrogens (primary N) is 1. The van der Waals surface area contributed by atoms with Crippen LogP contribution in [0.15, 0.2) is 72.1 Å². The van der Waals surface area contributed by atoms with Gasteiger partial charge in [0.05, 0.1) is 22.6 Å². The number of carbonyl (C=O) groups excluding carboxylic acids is 1. The van der Waals surface area contributed by atoms with Gasteiger partial charge in [0.2, 0.25) is 5.88 Å². The van der Waals surface area contributed by atoms with E-state index < -0.39 is 11.9 Å². The van der Waals surface area contributed by atoms with Gasteiger partial charge < -0.3 is 19.9 Å². The van der Waals surface area contributed by atoms with Crippen LogP contribution in [0, 0.1) is 17.2 Å². The number of hydrogen-bond donors (Lipinski definition) is 1. The van der Waals surface area contributed by atoms with Crippen LogP contribution in [0.4, 0.5) is 0 Å². The largest absolute Gasteiger partial charge is 0.494 e. The van der Waals surface area contributed by atoms with E-state index in [1.165, 1.54) is 11.3 Å². The zero-order valence-electron chi connectivity index (χ0n) is 21.2. The van der Waals surface area contributed by atoms with Gasteiger partial charge in [0.15, 0.2) is 0 Å². The summed E-state index contributed by atoms with van der Waals surface area (Å²) < 4.78 is 18.2. The van der Waals surface area contributed by atoms with Crippen molar-refractivity contribution >= 4 is 50.6 Å². The van der Waals surface area contributed by atoms with Crippen LogP contribution >= 0.6 is 34.5 Å². The fraction of sp³-hybridized carbons (Fsp3) is 0.200. The third kappa shape index (κ3) is 5.41. The van der Waals surface area contributed by atoms with Gasteiger partial charge in [0, 0.05) is 21.7 Å². The van der Waals surface area contributed by atoms with Gasteiger partial charge in [-0.25, -0.2) is 4.79 Å². The van der Waals surface area contributed by atoms with Crippen molar-refractivity contribution < 1.29 is 19.0 Å². The number of thiophene rings is 1. The lowest BCUT2D eigenvalue weighted by Crippen LogP contribution is -2.21. The Morgan fingerprint density at radius 2 is 1.92 bits per heavy atom. The van der Waals surface area contributed by atoms with Crippen molar-refractivity contribution in [1.82, 2.24) is 0 Å². The van der Waals surface area contributed by atoms with E-state index in [-0.39, 0.29) is 21.5 Å². The van der Waals surface area contributed by atoms with E-state index >= 15 is 0 Å². The molecule has 0 aliphatic carbocycles. The molecule has 3 aromatic carbocycles. The summed E-state index contributed by atoms with van der Waals surface area (Å²) in [6, 6.07) is 20.2. The van der Waals surface area contributed by atoms with Crippen molar-refractivity contribution in [3.8, 4) is 23.3 Å². The first-order chi connectivity index (χ1) is 18.8. The van der Waals surface area contributed by atoms with Crippen LogP contribution in [0.25, 0.3) is 10.1 Å². The summed E-state index contributed by atoms with van der Waals surface area (Å²) in [4.78, 5) is 13.3. The average molecular weight is 580 g/mol. The molecule has 0 fully saturated rings. The number of rotatable bonds is 7. The molecule has 9 heteroatoms. The Morgan fingerprint density at radius 3 is 2.67 bits per heavy atom. The zero-order chi connectivity index (χ0) is 27.7. The Labute approximate surface area is 240 Å². The van der Waals surface area contributed by atoms with Crippen molar-refractivity contribution in [2.45, 2.75) is 26.2 Å². The lowest BCUT2D eigenvalue weighted by molar-refractivity contribution is 0.0740. The lowest BCUT2D eigenvalue weighted by atomic mass is 9.83. The molecule has 1 atom stereocenters. The third-order valence-corrected chi connectivity index (χ3v) is 8.29. The van der Waals surface area contributed by atoms with Crippen LogP contribution in [-0.4, -0.2) is 12.6 Å². The molecule has 1 aliphatic rings. The van der Waals surface area contributed by atoms with Gasteiger partial charge in [-0.2, -0.15) is 5.26 Å². The quantitative estimate of drug-likeness (QED) is 0.176. The molecular formula is C30H24Cl2N2O4S. The highest BCUT2D eigenvalue weighted by atomic mass is 35.5. The molecule has 1 aliphatic heterocycles.